The third-order valence-electron chi connectivity index (χ3n) is 1.82. The van der Waals surface area contributed by atoms with Crippen LogP contribution in [-0.2, 0) is 11.3 Å². The first-order valence-electron chi connectivity index (χ1n) is 4.47. The first kappa shape index (κ1) is 13.4. The molecule has 1 rings (SSSR count). The molecule has 0 fully saturated rings. The fraction of sp³-hybridized carbons (Fsp3) is 0.400. The maximum atomic E-state index is 13.0. The third-order valence-corrected chi connectivity index (χ3v) is 2.71. The van der Waals surface area contributed by atoms with Crippen LogP contribution in [0, 0.1) is 5.82 Å². The van der Waals surface area contributed by atoms with Crippen molar-refractivity contribution in [2.24, 2.45) is 0 Å². The summed E-state index contributed by atoms with van der Waals surface area (Å²) in [6, 6.07) is 4.31. The monoisotopic (exact) mass is 300 g/mol. The number of rotatable bonds is 4. The number of ether oxygens (including phenoxy) is 1. The number of hydrogen-bond acceptors (Lipinski definition) is 1. The predicted molar refractivity (Wildman–Crippen MR) is 54.4 cm³/mol. The van der Waals surface area contributed by atoms with Crippen molar-refractivity contribution in [3.05, 3.63) is 34.1 Å². The topological polar surface area (TPSA) is 9.23 Å². The largest absolute Gasteiger partial charge is 0.391 e. The fourth-order valence-electron chi connectivity index (χ4n) is 1.03. The molecular weight excluding hydrogens is 292 g/mol. The van der Waals surface area contributed by atoms with Gasteiger partial charge in [0.05, 0.1) is 24.1 Å². The van der Waals surface area contributed by atoms with Gasteiger partial charge in [-0.05, 0) is 27.6 Å². The van der Waals surface area contributed by atoms with Gasteiger partial charge in [0.1, 0.15) is 5.82 Å². The van der Waals surface area contributed by atoms with E-state index in [2.05, 4.69) is 15.9 Å². The number of halogens is 5. The molecule has 0 radical (unpaired) electrons. The molecule has 0 N–H and O–H groups in total. The summed E-state index contributed by atoms with van der Waals surface area (Å²) in [5, 5.41) is 0. The molecule has 0 atom stereocenters. The highest BCUT2D eigenvalue weighted by Crippen LogP contribution is 2.22. The summed E-state index contributed by atoms with van der Waals surface area (Å²) in [4.78, 5) is 0. The molecule has 1 aromatic rings. The van der Waals surface area contributed by atoms with Crippen LogP contribution in [-0.4, -0.2) is 12.8 Å². The van der Waals surface area contributed by atoms with E-state index in [1.165, 1.54) is 12.1 Å². The van der Waals surface area contributed by atoms with Crippen molar-refractivity contribution in [1.29, 1.82) is 0 Å². The minimum atomic E-state index is -4.22. The van der Waals surface area contributed by atoms with E-state index in [1.807, 2.05) is 0 Å². The Morgan fingerprint density at radius 3 is 2.56 bits per heavy atom. The van der Waals surface area contributed by atoms with Crippen molar-refractivity contribution in [3.8, 4) is 0 Å². The van der Waals surface area contributed by atoms with Crippen LogP contribution in [0.15, 0.2) is 22.7 Å². The van der Waals surface area contributed by atoms with Gasteiger partial charge in [-0.25, -0.2) is 4.39 Å². The summed E-state index contributed by atoms with van der Waals surface area (Å²) in [5.41, 5.74) is 0.488. The minimum absolute atomic E-state index is 0.0472. The lowest BCUT2D eigenvalue weighted by Crippen LogP contribution is -2.11. The Balaban J connectivity index is 2.41. The van der Waals surface area contributed by atoms with Crippen LogP contribution in [0.1, 0.15) is 12.0 Å². The predicted octanol–water partition coefficient (Wildman–Crippen LogP) is 4.06. The van der Waals surface area contributed by atoms with E-state index in [0.29, 0.717) is 5.56 Å². The van der Waals surface area contributed by atoms with Crippen LogP contribution < -0.4 is 0 Å². The Labute approximate surface area is 98.5 Å². The third kappa shape index (κ3) is 4.49. The highest BCUT2D eigenvalue weighted by Gasteiger charge is 2.26. The van der Waals surface area contributed by atoms with E-state index in [4.69, 9.17) is 4.74 Å². The SMILES string of the molecule is Fc1cccc(COCCC(F)(F)F)c1Br. The van der Waals surface area contributed by atoms with Crippen molar-refractivity contribution in [2.45, 2.75) is 19.2 Å². The molecule has 0 bridgehead atoms. The molecule has 0 amide bonds. The maximum Gasteiger partial charge on any atom is 0.391 e. The molecule has 0 spiro atoms. The smallest absolute Gasteiger partial charge is 0.376 e. The summed E-state index contributed by atoms with van der Waals surface area (Å²) in [6.07, 6.45) is -5.22. The second kappa shape index (κ2) is 5.63. The van der Waals surface area contributed by atoms with Crippen LogP contribution in [0.5, 0.6) is 0 Å². The van der Waals surface area contributed by atoms with E-state index in [-0.39, 0.29) is 11.1 Å². The highest BCUT2D eigenvalue weighted by atomic mass is 79.9. The van der Waals surface area contributed by atoms with Gasteiger partial charge in [-0.2, -0.15) is 13.2 Å². The van der Waals surface area contributed by atoms with E-state index < -0.39 is 25.0 Å². The lowest BCUT2D eigenvalue weighted by Gasteiger charge is -2.08. The fourth-order valence-corrected chi connectivity index (χ4v) is 1.41. The lowest BCUT2D eigenvalue weighted by molar-refractivity contribution is -0.146. The van der Waals surface area contributed by atoms with Gasteiger partial charge < -0.3 is 4.74 Å². The van der Waals surface area contributed by atoms with E-state index in [1.54, 1.807) is 6.07 Å². The van der Waals surface area contributed by atoms with E-state index in [9.17, 15) is 17.6 Å². The van der Waals surface area contributed by atoms with Gasteiger partial charge in [0, 0.05) is 0 Å². The van der Waals surface area contributed by atoms with Crippen molar-refractivity contribution >= 4 is 15.9 Å². The maximum absolute atomic E-state index is 13.0. The van der Waals surface area contributed by atoms with Crippen LogP contribution in [0.4, 0.5) is 17.6 Å². The molecule has 90 valence electrons. The highest BCUT2D eigenvalue weighted by molar-refractivity contribution is 9.10. The van der Waals surface area contributed by atoms with Gasteiger partial charge in [-0.15, -0.1) is 0 Å². The summed E-state index contributed by atoms with van der Waals surface area (Å²) in [7, 11) is 0. The number of alkyl halides is 3. The lowest BCUT2D eigenvalue weighted by atomic mass is 10.2. The van der Waals surface area contributed by atoms with Gasteiger partial charge in [0.15, 0.2) is 0 Å². The van der Waals surface area contributed by atoms with Crippen molar-refractivity contribution in [2.75, 3.05) is 6.61 Å². The Kier molecular flexibility index (Phi) is 4.73. The van der Waals surface area contributed by atoms with Crippen molar-refractivity contribution < 1.29 is 22.3 Å². The molecule has 0 aliphatic heterocycles. The Hall–Kier alpha value is -0.620. The van der Waals surface area contributed by atoms with Gasteiger partial charge in [0.25, 0.3) is 0 Å². The van der Waals surface area contributed by atoms with E-state index in [0.717, 1.165) is 0 Å². The second-order valence-corrected chi connectivity index (χ2v) is 3.92. The summed E-state index contributed by atoms with van der Waals surface area (Å²) in [6.45, 7) is -0.471. The Bertz CT molecular complexity index is 351. The summed E-state index contributed by atoms with van der Waals surface area (Å²) in [5.74, 6) is -0.461. The first-order valence-corrected chi connectivity index (χ1v) is 5.27. The molecule has 0 aliphatic carbocycles. The minimum Gasteiger partial charge on any atom is -0.376 e. The zero-order valence-electron chi connectivity index (χ0n) is 8.15. The van der Waals surface area contributed by atoms with Crippen LogP contribution in [0.3, 0.4) is 0 Å². The molecule has 1 aromatic carbocycles. The Morgan fingerprint density at radius 2 is 1.94 bits per heavy atom. The van der Waals surface area contributed by atoms with Crippen LogP contribution >= 0.6 is 15.9 Å². The van der Waals surface area contributed by atoms with Gasteiger partial charge in [0.2, 0.25) is 0 Å². The zero-order valence-corrected chi connectivity index (χ0v) is 9.74. The molecule has 1 nitrogen and oxygen atoms in total. The van der Waals surface area contributed by atoms with Crippen molar-refractivity contribution in [3.63, 3.8) is 0 Å². The molecule has 0 aromatic heterocycles. The van der Waals surface area contributed by atoms with Crippen LogP contribution in [0.25, 0.3) is 0 Å². The Morgan fingerprint density at radius 1 is 1.25 bits per heavy atom. The molecule has 0 unspecified atom stereocenters. The molecule has 6 heteroatoms. The quantitative estimate of drug-likeness (QED) is 0.602. The number of hydrogen-bond donors (Lipinski definition) is 0. The molecule has 0 heterocycles. The molecule has 0 saturated heterocycles. The molecule has 0 saturated carbocycles. The normalized spacial score (nSPS) is 11.8. The summed E-state index contributed by atoms with van der Waals surface area (Å²) < 4.78 is 53.4. The summed E-state index contributed by atoms with van der Waals surface area (Å²) >= 11 is 2.99. The average Bonchev–Trinajstić information content (AvgIpc) is 2.17. The molecule has 16 heavy (non-hydrogen) atoms. The van der Waals surface area contributed by atoms with Crippen LogP contribution in [0.2, 0.25) is 0 Å². The zero-order chi connectivity index (χ0) is 12.2. The number of benzene rings is 1. The van der Waals surface area contributed by atoms with Gasteiger partial charge in [-0.3, -0.25) is 0 Å². The van der Waals surface area contributed by atoms with Crippen molar-refractivity contribution in [1.82, 2.24) is 0 Å². The second-order valence-electron chi connectivity index (χ2n) is 3.13. The average molecular weight is 301 g/mol. The molecule has 0 aliphatic rings. The van der Waals surface area contributed by atoms with E-state index >= 15 is 0 Å². The standard InChI is InChI=1S/C10H9BrF4O/c11-9-7(2-1-3-8(9)12)6-16-5-4-10(13,14)15/h1-3H,4-6H2. The molecular formula is C10H9BrF4O. The van der Waals surface area contributed by atoms with Gasteiger partial charge in [-0.1, -0.05) is 12.1 Å². The first-order chi connectivity index (χ1) is 7.40. The van der Waals surface area contributed by atoms with Gasteiger partial charge >= 0.3 is 6.18 Å².